The largest absolute Gasteiger partial charge is 0.508 e. The molecule has 4 fully saturated rings. The number of hydrogen-bond acceptors (Lipinski definition) is 3. The molecule has 3 atom stereocenters. The van der Waals surface area contributed by atoms with Gasteiger partial charge in [0.05, 0.1) is 6.04 Å². The Morgan fingerprint density at radius 3 is 2.62 bits per heavy atom. The lowest BCUT2D eigenvalue weighted by Gasteiger charge is -2.51. The van der Waals surface area contributed by atoms with E-state index in [2.05, 4.69) is 15.9 Å². The van der Waals surface area contributed by atoms with Gasteiger partial charge < -0.3 is 14.6 Å². The molecule has 0 radical (unpaired) electrons. The summed E-state index contributed by atoms with van der Waals surface area (Å²) in [6, 6.07) is 12.1. The summed E-state index contributed by atoms with van der Waals surface area (Å²) in [5.41, 5.74) is 1.91. The Balaban J connectivity index is 1.55. The molecule has 0 unspecified atom stereocenters. The number of nitrogens with zero attached hydrogens (tertiary/aromatic N) is 3. The summed E-state index contributed by atoms with van der Waals surface area (Å²) >= 11 is 0. The van der Waals surface area contributed by atoms with Crippen LogP contribution in [-0.2, 0) is 7.05 Å². The molecule has 2 bridgehead atoms. The van der Waals surface area contributed by atoms with Crippen molar-refractivity contribution in [2.75, 3.05) is 19.6 Å². The van der Waals surface area contributed by atoms with Crippen LogP contribution in [0.15, 0.2) is 42.6 Å². The Morgan fingerprint density at radius 1 is 1.12 bits per heavy atom. The molecule has 6 rings (SSSR count). The lowest BCUT2D eigenvalue weighted by molar-refractivity contribution is -0.00369. The van der Waals surface area contributed by atoms with E-state index >= 15 is 0 Å². The molecule has 4 aliphatic heterocycles. The SMILES string of the molecule is Cn1cccc1C(=O)N1C[C@H](c2cccc(O)c2)[C@H]2[C@@H]1C1CCN2CC1. The highest BCUT2D eigenvalue weighted by atomic mass is 16.3. The first-order valence-electron chi connectivity index (χ1n) is 9.59. The van der Waals surface area contributed by atoms with E-state index in [-0.39, 0.29) is 17.9 Å². The van der Waals surface area contributed by atoms with Gasteiger partial charge in [0.25, 0.3) is 5.91 Å². The van der Waals surface area contributed by atoms with E-state index < -0.39 is 0 Å². The number of phenolic OH excluding ortho intramolecular Hbond substituents is 1. The first kappa shape index (κ1) is 15.9. The van der Waals surface area contributed by atoms with Crippen LogP contribution in [0.25, 0.3) is 0 Å². The van der Waals surface area contributed by atoms with E-state index in [1.807, 2.05) is 42.1 Å². The van der Waals surface area contributed by atoms with Crippen molar-refractivity contribution in [3.63, 3.8) is 0 Å². The third-order valence-electron chi connectivity index (χ3n) is 6.72. The standard InChI is InChI=1S/C21H25N3O2/c1-22-9-3-6-18(22)21(26)24-13-17(15-4-2-5-16(25)12-15)20-19(24)14-7-10-23(20)11-8-14/h2-6,9,12,14,17,19-20,25H,7-8,10-11,13H2,1H3/t17-,19+,20+/m1/s1. The molecule has 1 aromatic heterocycles. The van der Waals surface area contributed by atoms with Crippen LogP contribution in [0.2, 0.25) is 0 Å². The molecular formula is C21H25N3O2. The van der Waals surface area contributed by atoms with Gasteiger partial charge in [0.2, 0.25) is 0 Å². The lowest BCUT2D eigenvalue weighted by Crippen LogP contribution is -2.60. The minimum Gasteiger partial charge on any atom is -0.508 e. The van der Waals surface area contributed by atoms with Crippen LogP contribution in [0.3, 0.4) is 0 Å². The first-order chi connectivity index (χ1) is 12.6. The zero-order valence-electron chi connectivity index (χ0n) is 15.1. The second-order valence-corrected chi connectivity index (χ2v) is 8.02. The summed E-state index contributed by atoms with van der Waals surface area (Å²) in [6.07, 6.45) is 4.31. The zero-order chi connectivity index (χ0) is 17.8. The minimum atomic E-state index is 0.143. The number of aromatic hydroxyl groups is 1. The predicted octanol–water partition coefficient (Wildman–Crippen LogP) is 2.43. The Kier molecular flexibility index (Phi) is 3.60. The topological polar surface area (TPSA) is 48.7 Å². The van der Waals surface area contributed by atoms with Crippen molar-refractivity contribution in [1.82, 2.24) is 14.4 Å². The van der Waals surface area contributed by atoms with Crippen molar-refractivity contribution in [2.24, 2.45) is 13.0 Å². The summed E-state index contributed by atoms with van der Waals surface area (Å²) in [4.78, 5) is 18.1. The third-order valence-corrected chi connectivity index (χ3v) is 6.72. The maximum absolute atomic E-state index is 13.3. The molecule has 5 heteroatoms. The highest BCUT2D eigenvalue weighted by Gasteiger charge is 2.54. The molecule has 1 aromatic carbocycles. The summed E-state index contributed by atoms with van der Waals surface area (Å²) in [5.74, 6) is 1.31. The molecule has 136 valence electrons. The number of hydrogen-bond donors (Lipinski definition) is 1. The normalized spacial score (nSPS) is 32.7. The summed E-state index contributed by atoms with van der Waals surface area (Å²) in [5, 5.41) is 9.97. The van der Waals surface area contributed by atoms with Gasteiger partial charge >= 0.3 is 0 Å². The third kappa shape index (κ3) is 2.30. The molecule has 0 spiro atoms. The predicted molar refractivity (Wildman–Crippen MR) is 99.2 cm³/mol. The van der Waals surface area contributed by atoms with E-state index in [0.29, 0.717) is 17.7 Å². The number of aryl methyl sites for hydroxylation is 1. The highest BCUT2D eigenvalue weighted by molar-refractivity contribution is 5.93. The molecule has 1 N–H and O–H groups in total. The number of fused-ring (bicyclic) bond motifs is 2. The van der Waals surface area contributed by atoms with Gasteiger partial charge in [-0.1, -0.05) is 12.1 Å². The second-order valence-electron chi connectivity index (χ2n) is 8.02. The highest BCUT2D eigenvalue weighted by Crippen LogP contribution is 2.47. The molecule has 4 saturated heterocycles. The van der Waals surface area contributed by atoms with Gasteiger partial charge in [-0.25, -0.2) is 0 Å². The Hall–Kier alpha value is -2.27. The van der Waals surface area contributed by atoms with E-state index in [9.17, 15) is 9.90 Å². The van der Waals surface area contributed by atoms with Gasteiger partial charge in [0.1, 0.15) is 11.4 Å². The van der Waals surface area contributed by atoms with Crippen LogP contribution in [0.4, 0.5) is 0 Å². The Bertz CT molecular complexity index is 837. The maximum atomic E-state index is 13.3. The van der Waals surface area contributed by atoms with Crippen molar-refractivity contribution in [2.45, 2.75) is 30.8 Å². The van der Waals surface area contributed by atoms with Crippen LogP contribution in [-0.4, -0.2) is 57.1 Å². The van der Waals surface area contributed by atoms with Gasteiger partial charge in [-0.05, 0) is 61.7 Å². The molecule has 1 amide bonds. The summed E-state index contributed by atoms with van der Waals surface area (Å²) in [7, 11) is 1.93. The Labute approximate surface area is 153 Å². The maximum Gasteiger partial charge on any atom is 0.270 e. The smallest absolute Gasteiger partial charge is 0.270 e. The van der Waals surface area contributed by atoms with Crippen molar-refractivity contribution in [3.8, 4) is 5.75 Å². The summed E-state index contributed by atoms with van der Waals surface area (Å²) < 4.78 is 1.92. The lowest BCUT2D eigenvalue weighted by atomic mass is 9.75. The average molecular weight is 351 g/mol. The van der Waals surface area contributed by atoms with Gasteiger partial charge in [0, 0.05) is 31.7 Å². The number of likely N-dealkylation sites (tertiary alicyclic amines) is 1. The molecule has 0 aliphatic carbocycles. The molecule has 5 heterocycles. The number of rotatable bonds is 2. The molecule has 4 aliphatic rings. The van der Waals surface area contributed by atoms with Crippen LogP contribution in [0, 0.1) is 5.92 Å². The van der Waals surface area contributed by atoms with E-state index in [1.165, 1.54) is 12.8 Å². The zero-order valence-corrected chi connectivity index (χ0v) is 15.1. The fourth-order valence-electron chi connectivity index (χ4n) is 5.53. The van der Waals surface area contributed by atoms with Crippen molar-refractivity contribution in [3.05, 3.63) is 53.9 Å². The first-order valence-corrected chi connectivity index (χ1v) is 9.59. The van der Waals surface area contributed by atoms with Crippen LogP contribution < -0.4 is 0 Å². The molecular weight excluding hydrogens is 326 g/mol. The fraction of sp³-hybridized carbons (Fsp3) is 0.476. The number of amides is 1. The monoisotopic (exact) mass is 351 g/mol. The van der Waals surface area contributed by atoms with Gasteiger partial charge in [-0.3, -0.25) is 9.69 Å². The number of aromatic nitrogens is 1. The van der Waals surface area contributed by atoms with Gasteiger partial charge in [-0.15, -0.1) is 0 Å². The minimum absolute atomic E-state index is 0.143. The number of benzene rings is 1. The van der Waals surface area contributed by atoms with E-state index in [1.54, 1.807) is 6.07 Å². The number of phenols is 1. The van der Waals surface area contributed by atoms with Crippen LogP contribution in [0.1, 0.15) is 34.8 Å². The van der Waals surface area contributed by atoms with Crippen molar-refractivity contribution < 1.29 is 9.90 Å². The molecule has 0 saturated carbocycles. The van der Waals surface area contributed by atoms with Gasteiger partial charge in [0.15, 0.2) is 0 Å². The van der Waals surface area contributed by atoms with Crippen LogP contribution in [0.5, 0.6) is 5.75 Å². The molecule has 26 heavy (non-hydrogen) atoms. The Morgan fingerprint density at radius 2 is 1.92 bits per heavy atom. The van der Waals surface area contributed by atoms with Crippen LogP contribution >= 0.6 is 0 Å². The van der Waals surface area contributed by atoms with Crippen molar-refractivity contribution >= 4 is 5.91 Å². The molecule has 2 aromatic rings. The number of carbonyl (C=O) groups excluding carboxylic acids is 1. The molecule has 5 nitrogen and oxygen atoms in total. The van der Waals surface area contributed by atoms with Crippen molar-refractivity contribution in [1.29, 1.82) is 0 Å². The number of carbonyl (C=O) groups is 1. The average Bonchev–Trinajstić information content (AvgIpc) is 3.27. The quantitative estimate of drug-likeness (QED) is 0.904. The fourth-order valence-corrected chi connectivity index (χ4v) is 5.53. The number of piperidine rings is 3. The summed E-state index contributed by atoms with van der Waals surface area (Å²) in [6.45, 7) is 3.00. The van der Waals surface area contributed by atoms with E-state index in [0.717, 1.165) is 30.9 Å². The van der Waals surface area contributed by atoms with Gasteiger partial charge in [-0.2, -0.15) is 0 Å². The van der Waals surface area contributed by atoms with E-state index in [4.69, 9.17) is 0 Å². The second kappa shape index (κ2) is 5.88.